The third kappa shape index (κ3) is 5.04. The normalized spacial score (nSPS) is 10.4. The molecule has 0 saturated carbocycles. The zero-order valence-electron chi connectivity index (χ0n) is 15.2. The van der Waals surface area contributed by atoms with Crippen LogP contribution in [-0.4, -0.2) is 21.6 Å². The van der Waals surface area contributed by atoms with Crippen LogP contribution in [0.15, 0.2) is 65.6 Å². The highest BCUT2D eigenvalue weighted by atomic mass is 19.1. The van der Waals surface area contributed by atoms with E-state index in [4.69, 9.17) is 10.5 Å². The standard InChI is InChI=1S/C20H17FN4O4/c21-15-8-6-14(7-9-15)18-23-10-16(19(27)25(18)11-17(22)26)24-20(28)29-12-13-4-2-1-3-5-13/h1-10H,11-12H2,(H2,22,26)(H,24,28). The topological polar surface area (TPSA) is 116 Å². The van der Waals surface area contributed by atoms with Crippen LogP contribution in [0.5, 0.6) is 0 Å². The molecule has 29 heavy (non-hydrogen) atoms. The van der Waals surface area contributed by atoms with Gasteiger partial charge < -0.3 is 10.5 Å². The van der Waals surface area contributed by atoms with Crippen molar-refractivity contribution in [3.8, 4) is 11.4 Å². The van der Waals surface area contributed by atoms with Crippen molar-refractivity contribution in [2.75, 3.05) is 5.32 Å². The molecule has 0 radical (unpaired) electrons. The molecule has 1 heterocycles. The summed E-state index contributed by atoms with van der Waals surface area (Å²) < 4.78 is 19.2. The second-order valence-electron chi connectivity index (χ2n) is 6.05. The maximum Gasteiger partial charge on any atom is 0.412 e. The van der Waals surface area contributed by atoms with Crippen LogP contribution in [0.4, 0.5) is 14.9 Å². The van der Waals surface area contributed by atoms with Gasteiger partial charge in [0.05, 0.1) is 6.20 Å². The van der Waals surface area contributed by atoms with Gasteiger partial charge >= 0.3 is 6.09 Å². The fraction of sp³-hybridized carbons (Fsp3) is 0.100. The molecule has 0 aliphatic rings. The van der Waals surface area contributed by atoms with Gasteiger partial charge in [0.1, 0.15) is 30.5 Å². The summed E-state index contributed by atoms with van der Waals surface area (Å²) in [7, 11) is 0. The highest BCUT2D eigenvalue weighted by molar-refractivity contribution is 5.84. The van der Waals surface area contributed by atoms with E-state index in [1.165, 1.54) is 24.3 Å². The van der Waals surface area contributed by atoms with Crippen molar-refractivity contribution in [3.63, 3.8) is 0 Å². The second kappa shape index (κ2) is 8.79. The molecule has 9 heteroatoms. The number of carbonyl (C=O) groups excluding carboxylic acids is 2. The van der Waals surface area contributed by atoms with Gasteiger partial charge in [-0.1, -0.05) is 30.3 Å². The molecule has 0 aliphatic heterocycles. The average Bonchev–Trinajstić information content (AvgIpc) is 2.71. The number of rotatable bonds is 6. The smallest absolute Gasteiger partial charge is 0.412 e. The monoisotopic (exact) mass is 396 g/mol. The van der Waals surface area contributed by atoms with Crippen molar-refractivity contribution in [3.05, 3.63) is 82.5 Å². The predicted octanol–water partition coefficient (Wildman–Crippen LogP) is 2.28. The molecule has 0 bridgehead atoms. The fourth-order valence-electron chi connectivity index (χ4n) is 2.58. The van der Waals surface area contributed by atoms with Crippen LogP contribution in [0.2, 0.25) is 0 Å². The molecular weight excluding hydrogens is 379 g/mol. The van der Waals surface area contributed by atoms with Gasteiger partial charge in [-0.15, -0.1) is 0 Å². The van der Waals surface area contributed by atoms with Crippen LogP contribution in [0.1, 0.15) is 5.56 Å². The molecule has 2 amide bonds. The summed E-state index contributed by atoms with van der Waals surface area (Å²) in [5, 5.41) is 2.31. The summed E-state index contributed by atoms with van der Waals surface area (Å²) >= 11 is 0. The van der Waals surface area contributed by atoms with Crippen molar-refractivity contribution in [1.29, 1.82) is 0 Å². The fourth-order valence-corrected chi connectivity index (χ4v) is 2.58. The minimum Gasteiger partial charge on any atom is -0.444 e. The highest BCUT2D eigenvalue weighted by Gasteiger charge is 2.16. The first-order chi connectivity index (χ1) is 13.9. The molecule has 8 nitrogen and oxygen atoms in total. The van der Waals surface area contributed by atoms with E-state index >= 15 is 0 Å². The van der Waals surface area contributed by atoms with Crippen molar-refractivity contribution < 1.29 is 18.7 Å². The quantitative estimate of drug-likeness (QED) is 0.663. The van der Waals surface area contributed by atoms with Gasteiger partial charge in [0.25, 0.3) is 5.56 Å². The van der Waals surface area contributed by atoms with E-state index in [0.29, 0.717) is 5.56 Å². The molecule has 0 unspecified atom stereocenters. The summed E-state index contributed by atoms with van der Waals surface area (Å²) in [6.07, 6.45) is 0.287. The van der Waals surface area contributed by atoms with Crippen LogP contribution in [0.3, 0.4) is 0 Å². The number of nitrogens with two attached hydrogens (primary N) is 1. The molecule has 3 rings (SSSR count). The molecule has 2 aromatic carbocycles. The SMILES string of the molecule is NC(=O)Cn1c(-c2ccc(F)cc2)ncc(NC(=O)OCc2ccccc2)c1=O. The van der Waals surface area contributed by atoms with Crippen LogP contribution < -0.4 is 16.6 Å². The Morgan fingerprint density at radius 1 is 1.10 bits per heavy atom. The minimum absolute atomic E-state index is 0.0171. The number of hydrogen-bond acceptors (Lipinski definition) is 5. The van der Waals surface area contributed by atoms with Crippen molar-refractivity contribution >= 4 is 17.7 Å². The number of hydrogen-bond donors (Lipinski definition) is 2. The number of primary amides is 1. The Bertz CT molecular complexity index is 1080. The van der Waals surface area contributed by atoms with Gasteiger partial charge in [0.15, 0.2) is 0 Å². The van der Waals surface area contributed by atoms with Crippen molar-refractivity contribution in [2.45, 2.75) is 13.2 Å². The largest absolute Gasteiger partial charge is 0.444 e. The predicted molar refractivity (Wildman–Crippen MR) is 103 cm³/mol. The van der Waals surface area contributed by atoms with E-state index in [0.717, 1.165) is 16.3 Å². The molecule has 0 fully saturated rings. The summed E-state index contributed by atoms with van der Waals surface area (Å²) in [5.74, 6) is -1.13. The first-order valence-corrected chi connectivity index (χ1v) is 8.56. The van der Waals surface area contributed by atoms with Crippen molar-refractivity contribution in [2.24, 2.45) is 5.73 Å². The minimum atomic E-state index is -0.854. The van der Waals surface area contributed by atoms with Crippen LogP contribution in [-0.2, 0) is 22.7 Å². The lowest BCUT2D eigenvalue weighted by Crippen LogP contribution is -2.32. The number of nitrogens with one attached hydrogen (secondary N) is 1. The number of nitrogens with zero attached hydrogens (tertiary/aromatic N) is 2. The van der Waals surface area contributed by atoms with Gasteiger partial charge in [0, 0.05) is 5.56 Å². The number of halogens is 1. The summed E-state index contributed by atoms with van der Waals surface area (Å²) in [5.41, 5.74) is 5.53. The highest BCUT2D eigenvalue weighted by Crippen LogP contribution is 2.17. The summed E-state index contributed by atoms with van der Waals surface area (Å²) in [6, 6.07) is 14.2. The van der Waals surface area contributed by atoms with Gasteiger partial charge in [-0.3, -0.25) is 19.5 Å². The zero-order chi connectivity index (χ0) is 20.8. The van der Waals surface area contributed by atoms with Gasteiger partial charge in [-0.25, -0.2) is 14.2 Å². The Labute approximate surface area is 164 Å². The Hall–Kier alpha value is -4.01. The maximum absolute atomic E-state index is 13.2. The molecule has 0 saturated heterocycles. The Morgan fingerprint density at radius 2 is 1.79 bits per heavy atom. The third-order valence-electron chi connectivity index (χ3n) is 3.91. The lowest BCUT2D eigenvalue weighted by Gasteiger charge is -2.13. The van der Waals surface area contributed by atoms with E-state index in [-0.39, 0.29) is 18.1 Å². The Balaban J connectivity index is 1.84. The zero-order valence-corrected chi connectivity index (χ0v) is 15.2. The second-order valence-corrected chi connectivity index (χ2v) is 6.05. The lowest BCUT2D eigenvalue weighted by atomic mass is 10.2. The lowest BCUT2D eigenvalue weighted by molar-refractivity contribution is -0.118. The Kier molecular flexibility index (Phi) is 5.98. The molecule has 0 spiro atoms. The molecule has 1 aromatic heterocycles. The summed E-state index contributed by atoms with van der Waals surface area (Å²) in [6.45, 7) is -0.448. The van der Waals surface area contributed by atoms with Crippen LogP contribution >= 0.6 is 0 Å². The maximum atomic E-state index is 13.2. The van der Waals surface area contributed by atoms with E-state index in [1.807, 2.05) is 6.07 Å². The van der Waals surface area contributed by atoms with Crippen molar-refractivity contribution in [1.82, 2.24) is 9.55 Å². The van der Waals surface area contributed by atoms with Crippen LogP contribution in [0, 0.1) is 5.82 Å². The number of anilines is 1. The number of benzene rings is 2. The number of ether oxygens (including phenoxy) is 1. The Morgan fingerprint density at radius 3 is 2.45 bits per heavy atom. The summed E-state index contributed by atoms with van der Waals surface area (Å²) in [4.78, 5) is 40.3. The van der Waals surface area contributed by atoms with Gasteiger partial charge in [-0.2, -0.15) is 0 Å². The van der Waals surface area contributed by atoms with Gasteiger partial charge in [0.2, 0.25) is 5.91 Å². The molecule has 3 N–H and O–H groups in total. The van der Waals surface area contributed by atoms with E-state index in [9.17, 15) is 18.8 Å². The molecule has 148 valence electrons. The number of amides is 2. The van der Waals surface area contributed by atoms with Gasteiger partial charge in [-0.05, 0) is 29.8 Å². The number of carbonyl (C=O) groups is 2. The number of aromatic nitrogens is 2. The van der Waals surface area contributed by atoms with E-state index in [1.54, 1.807) is 24.3 Å². The van der Waals surface area contributed by atoms with E-state index < -0.39 is 29.9 Å². The first-order valence-electron chi connectivity index (χ1n) is 8.56. The molecule has 0 aliphatic carbocycles. The van der Waals surface area contributed by atoms with Crippen LogP contribution in [0.25, 0.3) is 11.4 Å². The van der Waals surface area contributed by atoms with E-state index in [2.05, 4.69) is 10.3 Å². The third-order valence-corrected chi connectivity index (χ3v) is 3.91. The molecule has 3 aromatic rings. The molecule has 0 atom stereocenters. The average molecular weight is 396 g/mol. The molecular formula is C20H17FN4O4. The first kappa shape index (κ1) is 19.7.